The molecule has 4 rings (SSSR count). The van der Waals surface area contributed by atoms with Gasteiger partial charge in [-0.3, -0.25) is 14.1 Å². The van der Waals surface area contributed by atoms with Crippen LogP contribution in [0.15, 0.2) is 41.2 Å². The van der Waals surface area contributed by atoms with Crippen LogP contribution in [-0.4, -0.2) is 28.6 Å². The number of aryl methyl sites for hydroxylation is 1. The number of aromatic nitrogens is 2. The van der Waals surface area contributed by atoms with E-state index >= 15 is 0 Å². The smallest absolute Gasteiger partial charge is 0.306 e. The number of para-hydroxylation sites is 2. The third-order valence-electron chi connectivity index (χ3n) is 6.76. The lowest BCUT2D eigenvalue weighted by Crippen LogP contribution is -2.40. The zero-order valence-corrected chi connectivity index (χ0v) is 18.8. The summed E-state index contributed by atoms with van der Waals surface area (Å²) in [4.78, 5) is 27.1. The average molecular weight is 446 g/mol. The van der Waals surface area contributed by atoms with Gasteiger partial charge in [0.1, 0.15) is 0 Å². The molecule has 2 unspecified atom stereocenters. The van der Waals surface area contributed by atoms with Gasteiger partial charge in [-0.25, -0.2) is 13.2 Å². The molecule has 2 atom stereocenters. The molecule has 1 amide bonds. The van der Waals surface area contributed by atoms with Crippen molar-refractivity contribution in [1.29, 1.82) is 0 Å². The zero-order valence-electron chi connectivity index (χ0n) is 18.0. The van der Waals surface area contributed by atoms with E-state index in [0.717, 1.165) is 36.7 Å². The second kappa shape index (κ2) is 8.65. The maximum Gasteiger partial charge on any atom is 0.326 e. The predicted octanol–water partition coefficient (Wildman–Crippen LogP) is 3.47. The third kappa shape index (κ3) is 4.63. The summed E-state index contributed by atoms with van der Waals surface area (Å²) in [6.45, 7) is 2.66. The van der Waals surface area contributed by atoms with Crippen molar-refractivity contribution in [3.05, 3.63) is 46.9 Å². The maximum atomic E-state index is 12.7. The number of allylic oxidation sites excluding steroid dienone is 2. The number of imidazole rings is 1. The standard InChI is InChI=1S/C23H31N3O4S/c1-2-17-16-18(17)21(27)25-31(29,30)23(13-14-23)12-8-4-3-5-9-15-26-20-11-7-6-10-19(20)24-22(26)28/h3-4,6-7,10-11,17-18H,2,5,8-9,12-16H2,1H3,(H,24,28)(H,25,27). The zero-order chi connectivity index (χ0) is 22.1. The SMILES string of the molecule is CCC1CC1C(=O)NS(=O)(=O)C1(CCC=CCCCn2c(=O)[nH]c3ccccc32)CC1. The first-order valence-electron chi connectivity index (χ1n) is 11.3. The van der Waals surface area contributed by atoms with E-state index in [4.69, 9.17) is 0 Å². The Morgan fingerprint density at radius 2 is 2.00 bits per heavy atom. The van der Waals surface area contributed by atoms with Crippen molar-refractivity contribution in [2.75, 3.05) is 0 Å². The molecule has 0 radical (unpaired) electrons. The maximum absolute atomic E-state index is 12.7. The molecule has 0 spiro atoms. The fourth-order valence-electron chi connectivity index (χ4n) is 4.41. The molecule has 168 valence electrons. The van der Waals surface area contributed by atoms with Crippen LogP contribution < -0.4 is 10.4 Å². The first-order valence-corrected chi connectivity index (χ1v) is 12.7. The number of unbranched alkanes of at least 4 members (excludes halogenated alkanes) is 1. The fraction of sp³-hybridized carbons (Fsp3) is 0.565. The second-order valence-corrected chi connectivity index (χ2v) is 11.0. The van der Waals surface area contributed by atoms with Gasteiger partial charge in [-0.1, -0.05) is 37.6 Å². The van der Waals surface area contributed by atoms with Gasteiger partial charge in [0.05, 0.1) is 15.8 Å². The molecule has 1 aromatic carbocycles. The lowest BCUT2D eigenvalue weighted by molar-refractivity contribution is -0.120. The minimum atomic E-state index is -3.61. The van der Waals surface area contributed by atoms with Crippen molar-refractivity contribution in [1.82, 2.24) is 14.3 Å². The number of carbonyl (C=O) groups excluding carboxylic acids is 1. The van der Waals surface area contributed by atoms with Crippen LogP contribution in [0.2, 0.25) is 0 Å². The van der Waals surface area contributed by atoms with E-state index in [0.29, 0.717) is 38.1 Å². The molecule has 2 saturated carbocycles. The number of amides is 1. The molecule has 2 aromatic rings. The molecule has 2 N–H and O–H groups in total. The molecule has 31 heavy (non-hydrogen) atoms. The Bertz CT molecular complexity index is 1140. The molecule has 8 heteroatoms. The van der Waals surface area contributed by atoms with Crippen molar-refractivity contribution in [2.45, 2.75) is 69.6 Å². The number of sulfonamides is 1. The molecule has 1 heterocycles. The van der Waals surface area contributed by atoms with E-state index < -0.39 is 14.8 Å². The van der Waals surface area contributed by atoms with Crippen LogP contribution in [0, 0.1) is 11.8 Å². The number of hydrogen-bond acceptors (Lipinski definition) is 4. The number of benzene rings is 1. The fourth-order valence-corrected chi connectivity index (χ4v) is 6.07. The number of nitrogens with one attached hydrogen (secondary N) is 2. The van der Waals surface area contributed by atoms with Gasteiger partial charge in [0, 0.05) is 12.5 Å². The monoisotopic (exact) mass is 445 g/mol. The van der Waals surface area contributed by atoms with E-state index in [1.807, 2.05) is 37.3 Å². The van der Waals surface area contributed by atoms with E-state index in [1.165, 1.54) is 0 Å². The van der Waals surface area contributed by atoms with Crippen LogP contribution in [0.3, 0.4) is 0 Å². The van der Waals surface area contributed by atoms with Gasteiger partial charge in [0.2, 0.25) is 15.9 Å². The largest absolute Gasteiger partial charge is 0.326 e. The number of nitrogens with zero attached hydrogens (tertiary/aromatic N) is 1. The molecular formula is C23H31N3O4S. The van der Waals surface area contributed by atoms with E-state index in [-0.39, 0.29) is 17.5 Å². The number of carbonyl (C=O) groups is 1. The highest BCUT2D eigenvalue weighted by Crippen LogP contribution is 2.48. The Labute approximate surface area is 183 Å². The quantitative estimate of drug-likeness (QED) is 0.408. The van der Waals surface area contributed by atoms with Gasteiger partial charge in [0.15, 0.2) is 0 Å². The summed E-state index contributed by atoms with van der Waals surface area (Å²) in [5, 5.41) is 0. The normalized spacial score (nSPS) is 22.1. The highest BCUT2D eigenvalue weighted by molar-refractivity contribution is 7.91. The second-order valence-electron chi connectivity index (χ2n) is 8.91. The van der Waals surface area contributed by atoms with Crippen LogP contribution in [-0.2, 0) is 21.4 Å². The summed E-state index contributed by atoms with van der Waals surface area (Å²) >= 11 is 0. The molecule has 7 nitrogen and oxygen atoms in total. The first kappa shape index (κ1) is 21.9. The van der Waals surface area contributed by atoms with Crippen molar-refractivity contribution in [3.63, 3.8) is 0 Å². The van der Waals surface area contributed by atoms with Gasteiger partial charge in [-0.2, -0.15) is 0 Å². The number of aromatic amines is 1. The minimum absolute atomic E-state index is 0.0930. The Morgan fingerprint density at radius 1 is 1.26 bits per heavy atom. The van der Waals surface area contributed by atoms with Crippen molar-refractivity contribution in [3.8, 4) is 0 Å². The topological polar surface area (TPSA) is 101 Å². The van der Waals surface area contributed by atoms with Gasteiger partial charge in [0.25, 0.3) is 0 Å². The van der Waals surface area contributed by atoms with Gasteiger partial charge in [-0.05, 0) is 63.0 Å². The van der Waals surface area contributed by atoms with Crippen LogP contribution in [0.25, 0.3) is 11.0 Å². The minimum Gasteiger partial charge on any atom is -0.306 e. The van der Waals surface area contributed by atoms with Crippen molar-refractivity contribution < 1.29 is 13.2 Å². The molecule has 0 saturated heterocycles. The molecule has 1 aromatic heterocycles. The number of fused-ring (bicyclic) bond motifs is 1. The lowest BCUT2D eigenvalue weighted by Gasteiger charge is -2.16. The average Bonchev–Trinajstić information content (AvgIpc) is 3.64. The lowest BCUT2D eigenvalue weighted by atomic mass is 10.2. The summed E-state index contributed by atoms with van der Waals surface area (Å²) < 4.78 is 28.7. The van der Waals surface area contributed by atoms with E-state index in [1.54, 1.807) is 4.57 Å². The molecule has 2 aliphatic rings. The Morgan fingerprint density at radius 3 is 2.71 bits per heavy atom. The van der Waals surface area contributed by atoms with Gasteiger partial charge < -0.3 is 4.98 Å². The van der Waals surface area contributed by atoms with E-state index in [2.05, 4.69) is 15.8 Å². The number of hydrogen-bond donors (Lipinski definition) is 2. The number of rotatable bonds is 11. The Kier molecular flexibility index (Phi) is 6.10. The van der Waals surface area contributed by atoms with Gasteiger partial charge in [-0.15, -0.1) is 0 Å². The van der Waals surface area contributed by atoms with Crippen molar-refractivity contribution in [2.24, 2.45) is 11.8 Å². The Hall–Kier alpha value is -2.35. The predicted molar refractivity (Wildman–Crippen MR) is 121 cm³/mol. The summed E-state index contributed by atoms with van der Waals surface area (Å²) in [7, 11) is -3.61. The summed E-state index contributed by atoms with van der Waals surface area (Å²) in [6.07, 6.45) is 9.89. The van der Waals surface area contributed by atoms with E-state index in [9.17, 15) is 18.0 Å². The van der Waals surface area contributed by atoms with Crippen molar-refractivity contribution >= 4 is 27.0 Å². The molecule has 0 aliphatic heterocycles. The van der Waals surface area contributed by atoms with Crippen LogP contribution in [0.4, 0.5) is 0 Å². The molecular weight excluding hydrogens is 414 g/mol. The summed E-state index contributed by atoms with van der Waals surface area (Å²) in [5.74, 6) is -0.102. The summed E-state index contributed by atoms with van der Waals surface area (Å²) in [6, 6.07) is 7.65. The number of H-pyrrole nitrogens is 1. The van der Waals surface area contributed by atoms with Crippen LogP contribution in [0.1, 0.15) is 58.3 Å². The van der Waals surface area contributed by atoms with Gasteiger partial charge >= 0.3 is 5.69 Å². The molecule has 0 bridgehead atoms. The van der Waals surface area contributed by atoms with Crippen LogP contribution >= 0.6 is 0 Å². The van der Waals surface area contributed by atoms with Crippen LogP contribution in [0.5, 0.6) is 0 Å². The first-order chi connectivity index (χ1) is 14.9. The highest BCUT2D eigenvalue weighted by Gasteiger charge is 2.55. The third-order valence-corrected chi connectivity index (χ3v) is 8.99. The Balaban J connectivity index is 1.21. The highest BCUT2D eigenvalue weighted by atomic mass is 32.2. The molecule has 2 aliphatic carbocycles. The summed E-state index contributed by atoms with van der Waals surface area (Å²) in [5.41, 5.74) is 1.67. The molecule has 2 fully saturated rings.